The molecule has 0 aliphatic carbocycles. The fraction of sp³-hybridized carbons (Fsp3) is 0.474. The number of anilines is 1. The summed E-state index contributed by atoms with van der Waals surface area (Å²) in [5, 5.41) is 8.28. The second kappa shape index (κ2) is 9.11. The summed E-state index contributed by atoms with van der Waals surface area (Å²) in [5.41, 5.74) is 1.30. The Morgan fingerprint density at radius 3 is 2.68 bits per heavy atom. The summed E-state index contributed by atoms with van der Waals surface area (Å²) in [5.74, 6) is -0.385. The first-order valence-corrected chi connectivity index (χ1v) is 9.75. The second-order valence-corrected chi connectivity index (χ2v) is 7.46. The zero-order valence-corrected chi connectivity index (χ0v) is 17.1. The normalized spacial score (nSPS) is 20.0. The van der Waals surface area contributed by atoms with Crippen LogP contribution in [0.5, 0.6) is 0 Å². The van der Waals surface area contributed by atoms with Crippen LogP contribution in [0, 0.1) is 5.82 Å². The third kappa shape index (κ3) is 4.42. The van der Waals surface area contributed by atoms with Crippen molar-refractivity contribution in [2.24, 2.45) is 0 Å². The van der Waals surface area contributed by atoms with E-state index in [4.69, 9.17) is 11.6 Å². The number of halogens is 3. The van der Waals surface area contributed by atoms with Gasteiger partial charge in [-0.15, -0.1) is 12.4 Å². The molecule has 1 atom stereocenters. The molecular formula is C19H24Cl2FN5O. The van der Waals surface area contributed by atoms with Crippen LogP contribution >= 0.6 is 24.0 Å². The minimum atomic E-state index is -0.346. The summed E-state index contributed by atoms with van der Waals surface area (Å²) in [6, 6.07) is 6.54. The molecule has 9 heteroatoms. The first-order chi connectivity index (χ1) is 13.1. The van der Waals surface area contributed by atoms with E-state index in [0.717, 1.165) is 31.6 Å². The SMILES string of the molecule is Cl.O=C(c1ccn(C2CCCNC2)n1)N1CCN(c2ccc(F)cc2Cl)CC1. The molecule has 152 valence electrons. The van der Waals surface area contributed by atoms with Crippen molar-refractivity contribution >= 4 is 35.6 Å². The zero-order valence-electron chi connectivity index (χ0n) is 15.5. The highest BCUT2D eigenvalue weighted by Gasteiger charge is 2.25. The summed E-state index contributed by atoms with van der Waals surface area (Å²) in [6.45, 7) is 4.43. The number of aromatic nitrogens is 2. The molecule has 1 aromatic heterocycles. The van der Waals surface area contributed by atoms with Crippen LogP contribution < -0.4 is 10.2 Å². The highest BCUT2D eigenvalue weighted by Crippen LogP contribution is 2.27. The summed E-state index contributed by atoms with van der Waals surface area (Å²) in [6.07, 6.45) is 4.11. The number of hydrogen-bond donors (Lipinski definition) is 1. The summed E-state index contributed by atoms with van der Waals surface area (Å²) >= 11 is 6.15. The Bertz CT molecular complexity index is 816. The lowest BCUT2D eigenvalue weighted by Gasteiger charge is -2.36. The minimum absolute atomic E-state index is 0. The molecule has 1 unspecified atom stereocenters. The largest absolute Gasteiger partial charge is 0.367 e. The van der Waals surface area contributed by atoms with Crippen molar-refractivity contribution in [3.05, 3.63) is 47.0 Å². The Morgan fingerprint density at radius 2 is 2.00 bits per heavy atom. The number of piperazine rings is 1. The lowest BCUT2D eigenvalue weighted by Crippen LogP contribution is -2.49. The Balaban J connectivity index is 0.00000225. The quantitative estimate of drug-likeness (QED) is 0.817. The average molecular weight is 428 g/mol. The molecular weight excluding hydrogens is 404 g/mol. The van der Waals surface area contributed by atoms with Gasteiger partial charge in [0.05, 0.1) is 16.8 Å². The molecule has 1 aromatic carbocycles. The van der Waals surface area contributed by atoms with Gasteiger partial charge >= 0.3 is 0 Å². The molecule has 1 amide bonds. The van der Waals surface area contributed by atoms with Gasteiger partial charge in [-0.2, -0.15) is 5.10 Å². The summed E-state index contributed by atoms with van der Waals surface area (Å²) < 4.78 is 15.1. The molecule has 2 fully saturated rings. The Kier molecular flexibility index (Phi) is 6.80. The predicted molar refractivity (Wildman–Crippen MR) is 110 cm³/mol. The van der Waals surface area contributed by atoms with Gasteiger partial charge in [0.2, 0.25) is 0 Å². The first-order valence-electron chi connectivity index (χ1n) is 9.37. The van der Waals surface area contributed by atoms with Gasteiger partial charge < -0.3 is 15.1 Å². The number of nitrogens with one attached hydrogen (secondary N) is 1. The monoisotopic (exact) mass is 427 g/mol. The molecule has 0 radical (unpaired) electrons. The van der Waals surface area contributed by atoms with E-state index in [-0.39, 0.29) is 24.1 Å². The average Bonchev–Trinajstić information content (AvgIpc) is 3.19. The van der Waals surface area contributed by atoms with E-state index < -0.39 is 0 Å². The van der Waals surface area contributed by atoms with Gasteiger partial charge in [0, 0.05) is 38.9 Å². The maximum Gasteiger partial charge on any atom is 0.274 e. The maximum absolute atomic E-state index is 13.2. The van der Waals surface area contributed by atoms with Crippen molar-refractivity contribution < 1.29 is 9.18 Å². The van der Waals surface area contributed by atoms with Gasteiger partial charge in [-0.1, -0.05) is 11.6 Å². The number of benzene rings is 1. The minimum Gasteiger partial charge on any atom is -0.367 e. The van der Waals surface area contributed by atoms with Gasteiger partial charge in [0.15, 0.2) is 0 Å². The molecule has 0 spiro atoms. The third-order valence-electron chi connectivity index (χ3n) is 5.29. The van der Waals surface area contributed by atoms with E-state index in [1.807, 2.05) is 15.8 Å². The van der Waals surface area contributed by atoms with Crippen LogP contribution in [-0.4, -0.2) is 59.9 Å². The number of hydrogen-bond acceptors (Lipinski definition) is 4. The number of nitrogens with zero attached hydrogens (tertiary/aromatic N) is 4. The van der Waals surface area contributed by atoms with Crippen LogP contribution in [-0.2, 0) is 0 Å². The molecule has 0 bridgehead atoms. The number of rotatable bonds is 3. The highest BCUT2D eigenvalue weighted by atomic mass is 35.5. The molecule has 2 aromatic rings. The van der Waals surface area contributed by atoms with Crippen molar-refractivity contribution in [3.63, 3.8) is 0 Å². The van der Waals surface area contributed by atoms with Crippen molar-refractivity contribution in [1.82, 2.24) is 20.0 Å². The van der Waals surface area contributed by atoms with Crippen LogP contribution in [0.15, 0.2) is 30.5 Å². The molecule has 2 aliphatic heterocycles. The van der Waals surface area contributed by atoms with Crippen molar-refractivity contribution in [2.45, 2.75) is 18.9 Å². The fourth-order valence-electron chi connectivity index (χ4n) is 3.76. The van der Waals surface area contributed by atoms with E-state index >= 15 is 0 Å². The van der Waals surface area contributed by atoms with Gasteiger partial charge in [-0.3, -0.25) is 9.48 Å². The van der Waals surface area contributed by atoms with E-state index in [1.165, 1.54) is 12.1 Å². The van der Waals surface area contributed by atoms with Crippen LogP contribution in [0.4, 0.5) is 10.1 Å². The van der Waals surface area contributed by atoms with Gasteiger partial charge in [0.25, 0.3) is 5.91 Å². The fourth-order valence-corrected chi connectivity index (χ4v) is 4.05. The molecule has 2 aliphatic rings. The van der Waals surface area contributed by atoms with Crippen molar-refractivity contribution in [2.75, 3.05) is 44.2 Å². The lowest BCUT2D eigenvalue weighted by molar-refractivity contribution is 0.0739. The van der Waals surface area contributed by atoms with Gasteiger partial charge in [-0.25, -0.2) is 4.39 Å². The lowest BCUT2D eigenvalue weighted by atomic mass is 10.1. The van der Waals surface area contributed by atoms with Crippen LogP contribution in [0.2, 0.25) is 5.02 Å². The topological polar surface area (TPSA) is 53.4 Å². The predicted octanol–water partition coefficient (Wildman–Crippen LogP) is 2.98. The Hall–Kier alpha value is -1.83. The van der Waals surface area contributed by atoms with Crippen molar-refractivity contribution in [3.8, 4) is 0 Å². The molecule has 4 rings (SSSR count). The molecule has 0 saturated carbocycles. The molecule has 28 heavy (non-hydrogen) atoms. The molecule has 3 heterocycles. The Labute approximate surface area is 175 Å². The smallest absolute Gasteiger partial charge is 0.274 e. The first kappa shape index (κ1) is 20.9. The van der Waals surface area contributed by atoms with Crippen LogP contribution in [0.1, 0.15) is 29.4 Å². The number of carbonyl (C=O) groups excluding carboxylic acids is 1. The van der Waals surface area contributed by atoms with Crippen LogP contribution in [0.25, 0.3) is 0 Å². The highest BCUT2D eigenvalue weighted by molar-refractivity contribution is 6.33. The van der Waals surface area contributed by atoms with E-state index in [1.54, 1.807) is 12.1 Å². The molecule has 2 saturated heterocycles. The molecule has 6 nitrogen and oxygen atoms in total. The van der Waals surface area contributed by atoms with Crippen molar-refractivity contribution in [1.29, 1.82) is 0 Å². The summed E-state index contributed by atoms with van der Waals surface area (Å²) in [4.78, 5) is 16.7. The number of piperidine rings is 1. The summed E-state index contributed by atoms with van der Waals surface area (Å²) in [7, 11) is 0. The Morgan fingerprint density at radius 1 is 1.21 bits per heavy atom. The standard InChI is InChI=1S/C19H23ClFN5O.ClH/c20-16-12-14(21)3-4-18(16)24-8-10-25(11-9-24)19(27)17-5-7-26(23-17)15-2-1-6-22-13-15;/h3-5,7,12,15,22H,1-2,6,8-11,13H2;1H. The molecule has 1 N–H and O–H groups in total. The van der Waals surface area contributed by atoms with E-state index in [9.17, 15) is 9.18 Å². The zero-order chi connectivity index (χ0) is 18.8. The maximum atomic E-state index is 13.2. The van der Waals surface area contributed by atoms with Gasteiger partial charge in [-0.05, 0) is 43.7 Å². The van der Waals surface area contributed by atoms with Gasteiger partial charge in [0.1, 0.15) is 11.5 Å². The number of carbonyl (C=O) groups is 1. The third-order valence-corrected chi connectivity index (χ3v) is 5.59. The van der Waals surface area contributed by atoms with E-state index in [0.29, 0.717) is 42.9 Å². The van der Waals surface area contributed by atoms with Crippen LogP contribution in [0.3, 0.4) is 0 Å². The number of amides is 1. The van der Waals surface area contributed by atoms with E-state index in [2.05, 4.69) is 15.3 Å². The second-order valence-electron chi connectivity index (χ2n) is 7.06.